The summed E-state index contributed by atoms with van der Waals surface area (Å²) in [5.41, 5.74) is 2.25. The molecule has 2 heterocycles. The number of hydrogen-bond acceptors (Lipinski definition) is 7. The lowest BCUT2D eigenvalue weighted by atomic mass is 10.0. The van der Waals surface area contributed by atoms with E-state index in [1.54, 1.807) is 40.6 Å². The van der Waals surface area contributed by atoms with Crippen LogP contribution in [0.15, 0.2) is 41.3 Å². The molecule has 4 rings (SSSR count). The first-order valence-corrected chi connectivity index (χ1v) is 15.5. The van der Waals surface area contributed by atoms with Gasteiger partial charge in [0.15, 0.2) is 5.13 Å². The van der Waals surface area contributed by atoms with Gasteiger partial charge >= 0.3 is 0 Å². The summed E-state index contributed by atoms with van der Waals surface area (Å²) in [5.74, 6) is 0.472. The minimum absolute atomic E-state index is 0.0294. The van der Waals surface area contributed by atoms with Crippen molar-refractivity contribution < 1.29 is 17.9 Å². The van der Waals surface area contributed by atoms with Crippen molar-refractivity contribution in [1.82, 2.24) is 14.2 Å². The number of sulfonamides is 1. The lowest BCUT2D eigenvalue weighted by molar-refractivity contribution is 0.0986. The second-order valence-corrected chi connectivity index (χ2v) is 12.9. The molecule has 1 aliphatic rings. The first kappa shape index (κ1) is 28.5. The highest BCUT2D eigenvalue weighted by atomic mass is 32.2. The number of benzene rings is 2. The van der Waals surface area contributed by atoms with Crippen LogP contribution in [0.2, 0.25) is 0 Å². The number of rotatable bonds is 10. The number of methoxy groups -OCH3 is 1. The average Bonchev–Trinajstić information content (AvgIpc) is 3.37. The van der Waals surface area contributed by atoms with Gasteiger partial charge in [-0.1, -0.05) is 30.7 Å². The van der Waals surface area contributed by atoms with Gasteiger partial charge in [-0.2, -0.15) is 4.31 Å². The molecule has 206 valence electrons. The van der Waals surface area contributed by atoms with Gasteiger partial charge in [-0.05, 0) is 89.1 Å². The summed E-state index contributed by atoms with van der Waals surface area (Å²) in [6.07, 6.45) is 4.38. The van der Waals surface area contributed by atoms with E-state index in [1.165, 1.54) is 11.3 Å². The Morgan fingerprint density at radius 3 is 2.53 bits per heavy atom. The summed E-state index contributed by atoms with van der Waals surface area (Å²) in [6, 6.07) is 10.3. The number of amides is 1. The molecule has 8 nitrogen and oxygen atoms in total. The number of piperidine rings is 1. The maximum absolute atomic E-state index is 13.8. The van der Waals surface area contributed by atoms with Crippen LogP contribution in [0.3, 0.4) is 0 Å². The predicted molar refractivity (Wildman–Crippen MR) is 154 cm³/mol. The second kappa shape index (κ2) is 12.1. The van der Waals surface area contributed by atoms with Crippen LogP contribution in [-0.2, 0) is 10.0 Å². The molecule has 38 heavy (non-hydrogen) atoms. The number of fused-ring (bicyclic) bond motifs is 1. The first-order chi connectivity index (χ1) is 18.2. The predicted octanol–water partition coefficient (Wildman–Crippen LogP) is 5.17. The molecule has 0 spiro atoms. The van der Waals surface area contributed by atoms with Gasteiger partial charge in [0, 0.05) is 24.7 Å². The van der Waals surface area contributed by atoms with Gasteiger partial charge in [-0.15, -0.1) is 0 Å². The summed E-state index contributed by atoms with van der Waals surface area (Å²) in [7, 11) is 2.01. The van der Waals surface area contributed by atoms with E-state index >= 15 is 0 Å². The van der Waals surface area contributed by atoms with Crippen LogP contribution in [0, 0.1) is 6.92 Å². The molecule has 0 saturated carbocycles. The third-order valence-electron chi connectivity index (χ3n) is 7.13. The summed E-state index contributed by atoms with van der Waals surface area (Å²) >= 11 is 1.47. The molecule has 1 saturated heterocycles. The standard InChI is InChI=1S/C28H38N4O4S2/c1-6-22-10-7-8-19-32(22)38(34,35)23-14-12-21(13-15-23)27(33)31(18-9-17-30(3)4)28-29-25-24(36-5)16-11-20(2)26(25)37-28/h11-16,22H,6-10,17-19H2,1-5H3. The van der Waals surface area contributed by atoms with Crippen LogP contribution < -0.4 is 9.64 Å². The molecule has 1 atom stereocenters. The fourth-order valence-corrected chi connectivity index (χ4v) is 7.81. The van der Waals surface area contributed by atoms with Gasteiger partial charge < -0.3 is 9.64 Å². The molecule has 2 aromatic carbocycles. The van der Waals surface area contributed by atoms with Gasteiger partial charge in [0.05, 0.1) is 16.7 Å². The van der Waals surface area contributed by atoms with Crippen molar-refractivity contribution in [2.24, 2.45) is 0 Å². The highest BCUT2D eigenvalue weighted by molar-refractivity contribution is 7.89. The van der Waals surface area contributed by atoms with E-state index in [0.717, 1.165) is 54.4 Å². The number of nitrogens with zero attached hydrogens (tertiary/aromatic N) is 4. The number of aryl methyl sites for hydroxylation is 1. The SMILES string of the molecule is CCC1CCCCN1S(=O)(=O)c1ccc(C(=O)N(CCCN(C)C)c2nc3c(OC)ccc(C)c3s2)cc1. The van der Waals surface area contributed by atoms with Gasteiger partial charge in [-0.25, -0.2) is 13.4 Å². The number of anilines is 1. The molecule has 1 amide bonds. The highest BCUT2D eigenvalue weighted by Gasteiger charge is 2.32. The Morgan fingerprint density at radius 1 is 1.13 bits per heavy atom. The third kappa shape index (κ3) is 5.88. The molecule has 1 fully saturated rings. The zero-order valence-electron chi connectivity index (χ0n) is 22.9. The fourth-order valence-electron chi connectivity index (χ4n) is 4.97. The van der Waals surface area contributed by atoms with Crippen molar-refractivity contribution in [3.8, 4) is 5.75 Å². The molecular weight excluding hydrogens is 520 g/mol. The van der Waals surface area contributed by atoms with Crippen molar-refractivity contribution >= 4 is 42.6 Å². The molecule has 0 bridgehead atoms. The number of carbonyl (C=O) groups excluding carboxylic acids is 1. The first-order valence-electron chi connectivity index (χ1n) is 13.2. The smallest absolute Gasteiger partial charge is 0.260 e. The van der Waals surface area contributed by atoms with Crippen molar-refractivity contribution in [3.05, 3.63) is 47.5 Å². The Bertz CT molecular complexity index is 1370. The monoisotopic (exact) mass is 558 g/mol. The Labute approximate surface area is 230 Å². The van der Waals surface area contributed by atoms with Crippen molar-refractivity contribution in [2.75, 3.05) is 45.7 Å². The summed E-state index contributed by atoms with van der Waals surface area (Å²) < 4.78 is 34.9. The third-order valence-corrected chi connectivity index (χ3v) is 10.3. The maximum Gasteiger partial charge on any atom is 0.260 e. The van der Waals surface area contributed by atoms with Crippen LogP contribution in [0.4, 0.5) is 5.13 Å². The quantitative estimate of drug-likeness (QED) is 0.342. The Hall–Kier alpha value is -2.53. The lowest BCUT2D eigenvalue weighted by Crippen LogP contribution is -2.43. The van der Waals surface area contributed by atoms with Gasteiger partial charge in [-0.3, -0.25) is 9.69 Å². The summed E-state index contributed by atoms with van der Waals surface area (Å²) in [5, 5.41) is 0.604. The van der Waals surface area contributed by atoms with E-state index in [1.807, 2.05) is 40.1 Å². The van der Waals surface area contributed by atoms with E-state index in [2.05, 4.69) is 4.90 Å². The largest absolute Gasteiger partial charge is 0.494 e. The second-order valence-electron chi connectivity index (χ2n) is 10.1. The molecule has 1 unspecified atom stereocenters. The van der Waals surface area contributed by atoms with Gasteiger partial charge in [0.2, 0.25) is 10.0 Å². The molecule has 3 aromatic rings. The van der Waals surface area contributed by atoms with Crippen molar-refractivity contribution in [3.63, 3.8) is 0 Å². The van der Waals surface area contributed by atoms with Crippen molar-refractivity contribution in [1.29, 1.82) is 0 Å². The van der Waals surface area contributed by atoms with E-state index < -0.39 is 10.0 Å². The minimum atomic E-state index is -3.61. The number of aromatic nitrogens is 1. The van der Waals surface area contributed by atoms with Gasteiger partial charge in [0.1, 0.15) is 11.3 Å². The number of hydrogen-bond donors (Lipinski definition) is 0. The highest BCUT2D eigenvalue weighted by Crippen LogP contribution is 2.37. The van der Waals surface area contributed by atoms with Crippen molar-refractivity contribution in [2.45, 2.75) is 56.9 Å². The fraction of sp³-hybridized carbons (Fsp3) is 0.500. The number of carbonyl (C=O) groups is 1. The molecule has 0 N–H and O–H groups in total. The van der Waals surface area contributed by atoms with E-state index in [-0.39, 0.29) is 16.8 Å². The lowest BCUT2D eigenvalue weighted by Gasteiger charge is -2.34. The van der Waals surface area contributed by atoms with E-state index in [4.69, 9.17) is 9.72 Å². The average molecular weight is 559 g/mol. The van der Waals surface area contributed by atoms with E-state index in [0.29, 0.717) is 29.5 Å². The topological polar surface area (TPSA) is 83.1 Å². The van der Waals surface area contributed by atoms with Gasteiger partial charge in [0.25, 0.3) is 5.91 Å². The molecule has 10 heteroatoms. The molecule has 0 aliphatic carbocycles. The molecular formula is C28H38N4O4S2. The Balaban J connectivity index is 1.65. The Kier molecular flexibility index (Phi) is 9.07. The van der Waals surface area contributed by atoms with Crippen LogP contribution in [0.25, 0.3) is 10.2 Å². The minimum Gasteiger partial charge on any atom is -0.494 e. The van der Waals surface area contributed by atoms with Crippen LogP contribution in [-0.4, -0.2) is 75.4 Å². The molecule has 1 aromatic heterocycles. The Morgan fingerprint density at radius 2 is 1.87 bits per heavy atom. The van der Waals surface area contributed by atoms with Crippen LogP contribution >= 0.6 is 11.3 Å². The van der Waals surface area contributed by atoms with Crippen LogP contribution in [0.5, 0.6) is 5.75 Å². The van der Waals surface area contributed by atoms with E-state index in [9.17, 15) is 13.2 Å². The number of ether oxygens (including phenoxy) is 1. The molecule has 1 aliphatic heterocycles. The normalized spacial score (nSPS) is 16.7. The number of thiazole rings is 1. The van der Waals surface area contributed by atoms with Crippen LogP contribution in [0.1, 0.15) is 54.9 Å². The zero-order valence-corrected chi connectivity index (χ0v) is 24.6. The summed E-state index contributed by atoms with van der Waals surface area (Å²) in [6.45, 7) is 5.91. The summed E-state index contributed by atoms with van der Waals surface area (Å²) in [4.78, 5) is 22.6. The zero-order chi connectivity index (χ0) is 27.4. The maximum atomic E-state index is 13.8. The molecule has 0 radical (unpaired) electrons.